The maximum absolute atomic E-state index is 12.7. The minimum absolute atomic E-state index is 0.0252. The first-order valence-corrected chi connectivity index (χ1v) is 7.39. The Labute approximate surface area is 113 Å². The van der Waals surface area contributed by atoms with E-state index in [1.807, 2.05) is 13.8 Å². The van der Waals surface area contributed by atoms with Crippen molar-refractivity contribution in [2.24, 2.45) is 0 Å². The number of benzene rings is 1. The number of aryl methyl sites for hydroxylation is 1. The summed E-state index contributed by atoms with van der Waals surface area (Å²) in [6.45, 7) is 3.86. The van der Waals surface area contributed by atoms with Gasteiger partial charge in [-0.15, -0.1) is 3.89 Å². The van der Waals surface area contributed by atoms with Crippen LogP contribution in [-0.2, 0) is 21.4 Å². The Morgan fingerprint density at radius 3 is 2.21 bits per heavy atom. The molecule has 0 aliphatic rings. The molecule has 0 heterocycles. The van der Waals surface area contributed by atoms with Gasteiger partial charge in [-0.25, -0.2) is 0 Å². The molecule has 1 rings (SSSR count). The zero-order valence-electron chi connectivity index (χ0n) is 11.3. The molecule has 0 spiro atoms. The number of amides is 1. The number of halogens is 1. The quantitative estimate of drug-likeness (QED) is 0.780. The van der Waals surface area contributed by atoms with E-state index in [9.17, 15) is 17.1 Å². The summed E-state index contributed by atoms with van der Waals surface area (Å²) in [6, 6.07) is 5.61. The fourth-order valence-corrected chi connectivity index (χ4v) is 2.00. The summed E-state index contributed by atoms with van der Waals surface area (Å²) >= 11 is 0. The molecule has 6 heteroatoms. The second-order valence-corrected chi connectivity index (χ2v) is 6.03. The van der Waals surface area contributed by atoms with Gasteiger partial charge in [0, 0.05) is 19.5 Å². The summed E-state index contributed by atoms with van der Waals surface area (Å²) in [4.78, 5) is 13.0. The van der Waals surface area contributed by atoms with Gasteiger partial charge in [-0.1, -0.05) is 12.1 Å². The van der Waals surface area contributed by atoms with Crippen LogP contribution in [0.4, 0.5) is 3.89 Å². The normalized spacial score (nSPS) is 11.6. The molecule has 0 aliphatic heterocycles. The van der Waals surface area contributed by atoms with Gasteiger partial charge in [-0.05, 0) is 38.0 Å². The molecule has 0 bridgehead atoms. The molecule has 19 heavy (non-hydrogen) atoms. The van der Waals surface area contributed by atoms with E-state index in [0.29, 0.717) is 12.8 Å². The smallest absolute Gasteiger partial charge is 0.332 e. The maximum atomic E-state index is 12.7. The van der Waals surface area contributed by atoms with E-state index < -0.39 is 10.2 Å². The second kappa shape index (κ2) is 6.14. The number of carbonyl (C=O) groups excluding carboxylic acids is 1. The SMILES string of the molecule is CC(C)N(C)C(=O)CCc1ccc(S(=O)(=O)F)cc1. The predicted octanol–water partition coefficient (Wildman–Crippen LogP) is 2.14. The molecule has 4 nitrogen and oxygen atoms in total. The third-order valence-electron chi connectivity index (χ3n) is 3.00. The molecule has 0 unspecified atom stereocenters. The van der Waals surface area contributed by atoms with Crippen molar-refractivity contribution in [3.05, 3.63) is 29.8 Å². The molecule has 1 aromatic rings. The Morgan fingerprint density at radius 2 is 1.79 bits per heavy atom. The van der Waals surface area contributed by atoms with Crippen LogP contribution in [0.3, 0.4) is 0 Å². The summed E-state index contributed by atoms with van der Waals surface area (Å²) in [5, 5.41) is 0. The number of nitrogens with zero attached hydrogens (tertiary/aromatic N) is 1. The molecular weight excluding hydrogens is 269 g/mol. The molecule has 0 saturated heterocycles. The van der Waals surface area contributed by atoms with Crippen molar-refractivity contribution in [3.8, 4) is 0 Å². The Balaban J connectivity index is 2.63. The van der Waals surface area contributed by atoms with Crippen molar-refractivity contribution in [3.63, 3.8) is 0 Å². The average Bonchev–Trinajstić information content (AvgIpc) is 2.34. The minimum atomic E-state index is -4.65. The molecule has 0 aliphatic carbocycles. The van der Waals surface area contributed by atoms with Gasteiger partial charge in [0.25, 0.3) is 0 Å². The summed E-state index contributed by atoms with van der Waals surface area (Å²) in [6.07, 6.45) is 0.846. The molecule has 0 N–H and O–H groups in total. The second-order valence-electron chi connectivity index (χ2n) is 4.68. The molecule has 0 atom stereocenters. The van der Waals surface area contributed by atoms with Gasteiger partial charge in [0.2, 0.25) is 5.91 Å². The number of hydrogen-bond donors (Lipinski definition) is 0. The molecule has 0 fully saturated rings. The molecule has 1 aromatic carbocycles. The first-order chi connectivity index (χ1) is 8.71. The van der Waals surface area contributed by atoms with Gasteiger partial charge in [-0.2, -0.15) is 8.42 Å². The van der Waals surface area contributed by atoms with Crippen LogP contribution >= 0.6 is 0 Å². The van der Waals surface area contributed by atoms with Crippen LogP contribution in [0.15, 0.2) is 29.2 Å². The lowest BCUT2D eigenvalue weighted by Gasteiger charge is -2.21. The van der Waals surface area contributed by atoms with E-state index in [4.69, 9.17) is 0 Å². The summed E-state index contributed by atoms with van der Waals surface area (Å²) in [5.41, 5.74) is 0.804. The largest absolute Gasteiger partial charge is 0.343 e. The van der Waals surface area contributed by atoms with Crippen LogP contribution in [0.2, 0.25) is 0 Å². The highest BCUT2D eigenvalue weighted by molar-refractivity contribution is 7.86. The van der Waals surface area contributed by atoms with E-state index in [1.54, 1.807) is 11.9 Å². The topological polar surface area (TPSA) is 54.5 Å². The summed E-state index contributed by atoms with van der Waals surface area (Å²) in [5.74, 6) is 0.0252. The van der Waals surface area contributed by atoms with Gasteiger partial charge in [0.05, 0.1) is 4.90 Å². The van der Waals surface area contributed by atoms with Crippen LogP contribution in [0.25, 0.3) is 0 Å². The first-order valence-electron chi connectivity index (χ1n) is 6.01. The fourth-order valence-electron chi connectivity index (χ4n) is 1.53. The van der Waals surface area contributed by atoms with E-state index in [0.717, 1.165) is 5.56 Å². The van der Waals surface area contributed by atoms with Crippen LogP contribution < -0.4 is 0 Å². The molecule has 0 saturated carbocycles. The molecular formula is C13H18FNO3S. The predicted molar refractivity (Wildman–Crippen MR) is 71.0 cm³/mol. The van der Waals surface area contributed by atoms with Gasteiger partial charge < -0.3 is 4.90 Å². The van der Waals surface area contributed by atoms with Crippen molar-refractivity contribution in [1.82, 2.24) is 4.90 Å². The lowest BCUT2D eigenvalue weighted by atomic mass is 10.1. The van der Waals surface area contributed by atoms with Crippen molar-refractivity contribution in [2.45, 2.75) is 37.6 Å². The van der Waals surface area contributed by atoms with E-state index >= 15 is 0 Å². The minimum Gasteiger partial charge on any atom is -0.343 e. The zero-order valence-corrected chi connectivity index (χ0v) is 12.1. The summed E-state index contributed by atoms with van der Waals surface area (Å²) in [7, 11) is -2.91. The van der Waals surface area contributed by atoms with Crippen LogP contribution in [0, 0.1) is 0 Å². The average molecular weight is 287 g/mol. The van der Waals surface area contributed by atoms with Gasteiger partial charge >= 0.3 is 10.2 Å². The third kappa shape index (κ3) is 4.63. The Kier molecular flexibility index (Phi) is 5.05. The van der Waals surface area contributed by atoms with Crippen LogP contribution in [-0.4, -0.2) is 32.3 Å². The van der Waals surface area contributed by atoms with E-state index in [2.05, 4.69) is 0 Å². The van der Waals surface area contributed by atoms with Crippen molar-refractivity contribution < 1.29 is 17.1 Å². The van der Waals surface area contributed by atoms with E-state index in [-0.39, 0.29) is 16.8 Å². The Morgan fingerprint density at radius 1 is 1.26 bits per heavy atom. The summed E-state index contributed by atoms with van der Waals surface area (Å²) < 4.78 is 34.0. The highest BCUT2D eigenvalue weighted by Gasteiger charge is 2.13. The van der Waals surface area contributed by atoms with Crippen LogP contribution in [0.5, 0.6) is 0 Å². The fraction of sp³-hybridized carbons (Fsp3) is 0.462. The number of hydrogen-bond acceptors (Lipinski definition) is 3. The molecule has 106 valence electrons. The highest BCUT2D eigenvalue weighted by atomic mass is 32.3. The number of carbonyl (C=O) groups is 1. The Bertz CT molecular complexity index is 538. The number of rotatable bonds is 5. The van der Waals surface area contributed by atoms with Gasteiger partial charge in [-0.3, -0.25) is 4.79 Å². The third-order valence-corrected chi connectivity index (χ3v) is 3.84. The van der Waals surface area contributed by atoms with Gasteiger partial charge in [0.1, 0.15) is 0 Å². The molecule has 0 aromatic heterocycles. The zero-order chi connectivity index (χ0) is 14.6. The maximum Gasteiger partial charge on any atom is 0.332 e. The first kappa shape index (κ1) is 15.6. The van der Waals surface area contributed by atoms with Crippen molar-refractivity contribution in [2.75, 3.05) is 7.05 Å². The van der Waals surface area contributed by atoms with Crippen molar-refractivity contribution >= 4 is 16.1 Å². The monoisotopic (exact) mass is 287 g/mol. The molecule has 1 amide bonds. The Hall–Kier alpha value is -1.43. The highest BCUT2D eigenvalue weighted by Crippen LogP contribution is 2.14. The van der Waals surface area contributed by atoms with Gasteiger partial charge in [0.15, 0.2) is 0 Å². The van der Waals surface area contributed by atoms with Crippen molar-refractivity contribution in [1.29, 1.82) is 0 Å². The van der Waals surface area contributed by atoms with E-state index in [1.165, 1.54) is 24.3 Å². The molecule has 0 radical (unpaired) electrons. The lowest BCUT2D eigenvalue weighted by molar-refractivity contribution is -0.131. The standard InChI is InChI=1S/C13H18FNO3S/c1-10(2)15(3)13(16)9-6-11-4-7-12(8-5-11)19(14,17)18/h4-5,7-8,10H,6,9H2,1-3H3. The lowest BCUT2D eigenvalue weighted by Crippen LogP contribution is -2.33. The van der Waals surface area contributed by atoms with Crippen LogP contribution in [0.1, 0.15) is 25.8 Å².